The van der Waals surface area contributed by atoms with E-state index in [1.807, 2.05) is 6.07 Å². The van der Waals surface area contributed by atoms with Crippen LogP contribution in [0.3, 0.4) is 0 Å². The Morgan fingerprint density at radius 1 is 1.56 bits per heavy atom. The molecule has 1 fully saturated rings. The van der Waals surface area contributed by atoms with Crippen molar-refractivity contribution in [3.8, 4) is 0 Å². The van der Waals surface area contributed by atoms with E-state index in [2.05, 4.69) is 22.9 Å². The fraction of sp³-hybridized carbons (Fsp3) is 0.462. The molecular weight excluding hydrogens is 316 g/mol. The lowest BCUT2D eigenvalue weighted by Gasteiger charge is -2.35. The summed E-state index contributed by atoms with van der Waals surface area (Å²) in [5.41, 5.74) is 6.56. The smallest absolute Gasteiger partial charge is 0.255 e. The van der Waals surface area contributed by atoms with E-state index < -0.39 is 0 Å². The van der Waals surface area contributed by atoms with Crippen LogP contribution in [0.2, 0.25) is 5.02 Å². The van der Waals surface area contributed by atoms with Crippen LogP contribution < -0.4 is 5.73 Å². The molecule has 1 saturated heterocycles. The number of carbonyl (C=O) groups is 1. The van der Waals surface area contributed by atoms with Gasteiger partial charge in [0, 0.05) is 23.6 Å². The first-order chi connectivity index (χ1) is 8.49. The molecule has 1 heterocycles. The molecule has 98 valence electrons. The number of nitrogens with two attached hydrogens (primary N) is 1. The summed E-state index contributed by atoms with van der Waals surface area (Å²) < 4.78 is 0.869. The lowest BCUT2D eigenvalue weighted by atomic mass is 9.94. The summed E-state index contributed by atoms with van der Waals surface area (Å²) in [6, 6.07) is 5.36. The zero-order chi connectivity index (χ0) is 13.3. The van der Waals surface area contributed by atoms with Gasteiger partial charge in [0.15, 0.2) is 0 Å². The zero-order valence-corrected chi connectivity index (χ0v) is 12.5. The van der Waals surface area contributed by atoms with E-state index in [1.165, 1.54) is 0 Å². The van der Waals surface area contributed by atoms with E-state index in [1.54, 1.807) is 17.0 Å². The molecule has 2 atom stereocenters. The second-order valence-corrected chi connectivity index (χ2v) is 6.13. The number of nitrogens with zero attached hydrogens (tertiary/aromatic N) is 1. The second-order valence-electron chi connectivity index (χ2n) is 4.81. The number of rotatable bonds is 1. The summed E-state index contributed by atoms with van der Waals surface area (Å²) in [5.74, 6) is 0.435. The molecule has 2 N–H and O–H groups in total. The zero-order valence-electron chi connectivity index (χ0n) is 10.2. The van der Waals surface area contributed by atoms with Gasteiger partial charge < -0.3 is 10.6 Å². The van der Waals surface area contributed by atoms with Crippen molar-refractivity contribution in [2.75, 3.05) is 13.1 Å². The van der Waals surface area contributed by atoms with Crippen molar-refractivity contribution in [3.05, 3.63) is 33.3 Å². The molecule has 1 aromatic carbocycles. The first-order valence-corrected chi connectivity index (χ1v) is 7.16. The minimum absolute atomic E-state index is 0.0325. The Morgan fingerprint density at radius 2 is 2.28 bits per heavy atom. The molecule has 0 spiro atoms. The largest absolute Gasteiger partial charge is 0.337 e. The minimum atomic E-state index is -0.0325. The van der Waals surface area contributed by atoms with Gasteiger partial charge in [-0.25, -0.2) is 0 Å². The maximum atomic E-state index is 12.4. The number of benzene rings is 1. The molecule has 0 bridgehead atoms. The topological polar surface area (TPSA) is 46.3 Å². The highest BCUT2D eigenvalue weighted by molar-refractivity contribution is 9.10. The molecule has 0 aromatic heterocycles. The Morgan fingerprint density at radius 3 is 2.89 bits per heavy atom. The number of likely N-dealkylation sites (tertiary alicyclic amines) is 1. The Labute approximate surface area is 120 Å². The van der Waals surface area contributed by atoms with Crippen LogP contribution in [0.4, 0.5) is 0 Å². The minimum Gasteiger partial charge on any atom is -0.337 e. The second kappa shape index (κ2) is 5.59. The van der Waals surface area contributed by atoms with Crippen molar-refractivity contribution in [1.82, 2.24) is 4.90 Å². The van der Waals surface area contributed by atoms with E-state index in [0.29, 0.717) is 23.0 Å². The summed E-state index contributed by atoms with van der Waals surface area (Å²) in [5, 5.41) is 0.474. The van der Waals surface area contributed by atoms with Crippen molar-refractivity contribution in [2.45, 2.75) is 19.4 Å². The van der Waals surface area contributed by atoms with E-state index in [-0.39, 0.29) is 11.9 Å². The van der Waals surface area contributed by atoms with Crippen LogP contribution in [0.15, 0.2) is 22.7 Å². The normalized spacial score (nSPS) is 24.1. The average molecular weight is 332 g/mol. The fourth-order valence-electron chi connectivity index (χ4n) is 2.12. The van der Waals surface area contributed by atoms with E-state index in [0.717, 1.165) is 17.4 Å². The molecule has 0 radical (unpaired) electrons. The highest BCUT2D eigenvalue weighted by atomic mass is 79.9. The van der Waals surface area contributed by atoms with Gasteiger partial charge in [-0.2, -0.15) is 0 Å². The Bertz CT molecular complexity index is 466. The van der Waals surface area contributed by atoms with E-state index in [4.69, 9.17) is 17.3 Å². The van der Waals surface area contributed by atoms with Gasteiger partial charge >= 0.3 is 0 Å². The molecule has 18 heavy (non-hydrogen) atoms. The van der Waals surface area contributed by atoms with Gasteiger partial charge in [-0.3, -0.25) is 4.79 Å². The van der Waals surface area contributed by atoms with Crippen molar-refractivity contribution in [1.29, 1.82) is 0 Å². The summed E-state index contributed by atoms with van der Waals surface area (Å²) in [6.07, 6.45) is 0.945. The van der Waals surface area contributed by atoms with E-state index >= 15 is 0 Å². The number of hydrogen-bond acceptors (Lipinski definition) is 2. The molecule has 0 aliphatic carbocycles. The SMILES string of the molecule is CC1CCN(C(=O)c2ccc(Br)cc2Cl)CC1N. The van der Waals surface area contributed by atoms with Gasteiger partial charge in [0.05, 0.1) is 10.6 Å². The number of amides is 1. The molecular formula is C13H16BrClN2O. The first-order valence-electron chi connectivity index (χ1n) is 5.99. The Balaban J connectivity index is 2.16. The first kappa shape index (κ1) is 13.8. The predicted octanol–water partition coefficient (Wildman–Crippen LogP) is 2.91. The standard InChI is InChI=1S/C13H16BrClN2O/c1-8-4-5-17(7-12(8)16)13(18)10-3-2-9(14)6-11(10)15/h2-3,6,8,12H,4-5,7,16H2,1H3. The van der Waals surface area contributed by atoms with Crippen molar-refractivity contribution in [3.63, 3.8) is 0 Å². The number of hydrogen-bond donors (Lipinski definition) is 1. The maximum absolute atomic E-state index is 12.4. The summed E-state index contributed by atoms with van der Waals surface area (Å²) in [4.78, 5) is 14.1. The summed E-state index contributed by atoms with van der Waals surface area (Å²) in [7, 11) is 0. The lowest BCUT2D eigenvalue weighted by Crippen LogP contribution is -2.49. The average Bonchev–Trinajstić information content (AvgIpc) is 2.32. The van der Waals surface area contributed by atoms with Crippen molar-refractivity contribution < 1.29 is 4.79 Å². The molecule has 0 saturated carbocycles. The van der Waals surface area contributed by atoms with Crippen LogP contribution in [0.25, 0.3) is 0 Å². The number of piperidine rings is 1. The third-order valence-corrected chi connectivity index (χ3v) is 4.27. The van der Waals surface area contributed by atoms with Crippen LogP contribution >= 0.6 is 27.5 Å². The van der Waals surface area contributed by atoms with Crippen LogP contribution in [0, 0.1) is 5.92 Å². The van der Waals surface area contributed by atoms with Gasteiger partial charge in [0.2, 0.25) is 0 Å². The van der Waals surface area contributed by atoms with Gasteiger partial charge in [-0.15, -0.1) is 0 Å². The Hall–Kier alpha value is -0.580. The molecule has 5 heteroatoms. The third-order valence-electron chi connectivity index (χ3n) is 3.47. The highest BCUT2D eigenvalue weighted by Crippen LogP contribution is 2.24. The number of halogens is 2. The molecule has 1 aromatic rings. The van der Waals surface area contributed by atoms with Gasteiger partial charge in [-0.05, 0) is 30.5 Å². The predicted molar refractivity (Wildman–Crippen MR) is 76.8 cm³/mol. The highest BCUT2D eigenvalue weighted by Gasteiger charge is 2.27. The molecule has 1 aliphatic heterocycles. The van der Waals surface area contributed by atoms with Crippen molar-refractivity contribution >= 4 is 33.4 Å². The Kier molecular flexibility index (Phi) is 4.30. The third kappa shape index (κ3) is 2.87. The van der Waals surface area contributed by atoms with Crippen molar-refractivity contribution in [2.24, 2.45) is 11.7 Å². The molecule has 1 amide bonds. The monoisotopic (exact) mass is 330 g/mol. The van der Waals surface area contributed by atoms with Crippen LogP contribution in [-0.4, -0.2) is 29.9 Å². The fourth-order valence-corrected chi connectivity index (χ4v) is 2.87. The van der Waals surface area contributed by atoms with Crippen LogP contribution in [0.1, 0.15) is 23.7 Å². The quantitative estimate of drug-likeness (QED) is 0.860. The number of carbonyl (C=O) groups excluding carboxylic acids is 1. The molecule has 3 nitrogen and oxygen atoms in total. The summed E-state index contributed by atoms with van der Waals surface area (Å²) in [6.45, 7) is 3.48. The maximum Gasteiger partial charge on any atom is 0.255 e. The molecule has 2 unspecified atom stereocenters. The summed E-state index contributed by atoms with van der Waals surface area (Å²) >= 11 is 9.43. The molecule has 2 rings (SSSR count). The van der Waals surface area contributed by atoms with Gasteiger partial charge in [0.25, 0.3) is 5.91 Å². The molecule has 1 aliphatic rings. The van der Waals surface area contributed by atoms with E-state index in [9.17, 15) is 4.79 Å². The van der Waals surface area contributed by atoms with Gasteiger partial charge in [0.1, 0.15) is 0 Å². The van der Waals surface area contributed by atoms with Crippen LogP contribution in [-0.2, 0) is 0 Å². The van der Waals surface area contributed by atoms with Crippen LogP contribution in [0.5, 0.6) is 0 Å². The van der Waals surface area contributed by atoms with Gasteiger partial charge in [-0.1, -0.05) is 34.5 Å². The lowest BCUT2D eigenvalue weighted by molar-refractivity contribution is 0.0672.